The number of para-hydroxylation sites is 2. The standard InChI is InChI=1S/C15H9ClN2O2.C14H10ClN3.C13H13O3P/c16-10-4-1-3-9(7-10)13-8-12(15(19)20)11-5-2-6-17-14(11)18-13;15-10-4-1-3-9(7-10)13-8-12(16)11-5-2-6-17-14(11)18-13;1-17(14,15-12-8-4-2-5-9-12)16-13-10-6-3-7-11-13/h1-8H,(H,19,20);1-8H,(H2,16,17,18);2-11H,1H3. The summed E-state index contributed by atoms with van der Waals surface area (Å²) in [6, 6.07) is 43.1. The van der Waals surface area contributed by atoms with E-state index in [0.29, 0.717) is 49.6 Å². The normalized spacial score (nSPS) is 10.7. The van der Waals surface area contributed by atoms with Crippen LogP contribution in [0.1, 0.15) is 10.4 Å². The number of hydrogen-bond donors (Lipinski definition) is 2. The van der Waals surface area contributed by atoms with Crippen molar-refractivity contribution >= 4 is 64.5 Å². The van der Waals surface area contributed by atoms with Crippen molar-refractivity contribution in [2.75, 3.05) is 12.4 Å². The maximum absolute atomic E-state index is 12.1. The van der Waals surface area contributed by atoms with Gasteiger partial charge in [-0.3, -0.25) is 0 Å². The van der Waals surface area contributed by atoms with Crippen molar-refractivity contribution < 1.29 is 23.5 Å². The topological polar surface area (TPSA) is 150 Å². The van der Waals surface area contributed by atoms with Crippen LogP contribution >= 0.6 is 30.8 Å². The summed E-state index contributed by atoms with van der Waals surface area (Å²) in [5.74, 6) is 0.0669. The van der Waals surface area contributed by atoms with E-state index in [1.807, 2.05) is 84.9 Å². The number of carbonyl (C=O) groups is 1. The Labute approximate surface area is 326 Å². The van der Waals surface area contributed by atoms with Gasteiger partial charge in [-0.25, -0.2) is 29.3 Å². The van der Waals surface area contributed by atoms with Crippen LogP contribution in [0.25, 0.3) is 44.6 Å². The lowest BCUT2D eigenvalue weighted by atomic mass is 10.1. The Hall–Kier alpha value is -6.32. The van der Waals surface area contributed by atoms with Crippen LogP contribution in [-0.2, 0) is 4.57 Å². The smallest absolute Gasteiger partial charge is 0.427 e. The van der Waals surface area contributed by atoms with Crippen molar-refractivity contribution in [3.63, 3.8) is 0 Å². The van der Waals surface area contributed by atoms with E-state index in [9.17, 15) is 14.5 Å². The Morgan fingerprint density at radius 1 is 0.618 bits per heavy atom. The zero-order valence-electron chi connectivity index (χ0n) is 29.2. The van der Waals surface area contributed by atoms with Crippen LogP contribution in [-0.4, -0.2) is 37.7 Å². The highest BCUT2D eigenvalue weighted by molar-refractivity contribution is 7.53. The van der Waals surface area contributed by atoms with Crippen LogP contribution in [0, 0.1) is 0 Å². The van der Waals surface area contributed by atoms with E-state index in [2.05, 4.69) is 19.9 Å². The molecular formula is C42H32Cl2N5O5P. The summed E-state index contributed by atoms with van der Waals surface area (Å²) in [6.45, 7) is 1.45. The predicted octanol–water partition coefficient (Wildman–Crippen LogP) is 11.1. The van der Waals surface area contributed by atoms with Crippen molar-refractivity contribution in [3.05, 3.63) is 174 Å². The minimum absolute atomic E-state index is 0.179. The van der Waals surface area contributed by atoms with Crippen LogP contribution in [0.3, 0.4) is 0 Å². The van der Waals surface area contributed by atoms with E-state index >= 15 is 0 Å². The Morgan fingerprint density at radius 2 is 1.09 bits per heavy atom. The predicted molar refractivity (Wildman–Crippen MR) is 219 cm³/mol. The van der Waals surface area contributed by atoms with Gasteiger partial charge in [0, 0.05) is 50.0 Å². The molecule has 0 atom stereocenters. The highest BCUT2D eigenvalue weighted by Gasteiger charge is 2.20. The summed E-state index contributed by atoms with van der Waals surface area (Å²) < 4.78 is 22.8. The van der Waals surface area contributed by atoms with Gasteiger partial charge in [0.05, 0.1) is 23.6 Å². The van der Waals surface area contributed by atoms with Crippen molar-refractivity contribution in [1.29, 1.82) is 0 Å². The number of halogens is 2. The van der Waals surface area contributed by atoms with Gasteiger partial charge in [-0.2, -0.15) is 0 Å². The lowest BCUT2D eigenvalue weighted by molar-refractivity contribution is 0.0699. The van der Waals surface area contributed by atoms with E-state index in [0.717, 1.165) is 22.2 Å². The minimum atomic E-state index is -3.14. The van der Waals surface area contributed by atoms with Crippen LogP contribution < -0.4 is 14.8 Å². The summed E-state index contributed by atoms with van der Waals surface area (Å²) in [5, 5.41) is 12.0. The molecular weight excluding hydrogens is 756 g/mol. The molecule has 4 aromatic carbocycles. The summed E-state index contributed by atoms with van der Waals surface area (Å²) in [5.41, 5.74) is 10.9. The van der Waals surface area contributed by atoms with Crippen LogP contribution in [0.15, 0.2) is 158 Å². The van der Waals surface area contributed by atoms with Crippen LogP contribution in [0.5, 0.6) is 11.5 Å². The molecule has 0 aliphatic carbocycles. The number of nitrogens with zero attached hydrogens (tertiary/aromatic N) is 4. The molecule has 274 valence electrons. The first-order valence-corrected chi connectivity index (χ1v) is 19.4. The van der Waals surface area contributed by atoms with Gasteiger partial charge in [-0.1, -0.05) is 83.9 Å². The fourth-order valence-electron chi connectivity index (χ4n) is 5.27. The fourth-order valence-corrected chi connectivity index (χ4v) is 6.70. The monoisotopic (exact) mass is 787 g/mol. The molecule has 0 unspecified atom stereocenters. The average molecular weight is 789 g/mol. The molecule has 13 heteroatoms. The average Bonchev–Trinajstić information content (AvgIpc) is 3.18. The third kappa shape index (κ3) is 10.4. The first kappa shape index (κ1) is 38.4. The number of pyridine rings is 4. The van der Waals surface area contributed by atoms with E-state index in [1.54, 1.807) is 67.0 Å². The molecule has 8 aromatic rings. The van der Waals surface area contributed by atoms with E-state index in [4.69, 9.17) is 38.0 Å². The third-order valence-corrected chi connectivity index (χ3v) is 9.26. The molecule has 0 radical (unpaired) electrons. The molecule has 0 spiro atoms. The molecule has 0 aliphatic rings. The van der Waals surface area contributed by atoms with E-state index in [-0.39, 0.29) is 5.56 Å². The quantitative estimate of drug-likeness (QED) is 0.149. The molecule has 8 rings (SSSR count). The minimum Gasteiger partial charge on any atom is -0.478 e. The molecule has 4 aromatic heterocycles. The van der Waals surface area contributed by atoms with Gasteiger partial charge in [0.25, 0.3) is 0 Å². The van der Waals surface area contributed by atoms with Gasteiger partial charge >= 0.3 is 13.6 Å². The third-order valence-electron chi connectivity index (χ3n) is 7.70. The van der Waals surface area contributed by atoms with Gasteiger partial charge < -0.3 is 19.9 Å². The van der Waals surface area contributed by atoms with E-state index in [1.165, 1.54) is 12.7 Å². The fraction of sp³-hybridized carbons (Fsp3) is 0.0238. The number of anilines is 1. The zero-order chi connectivity index (χ0) is 38.8. The molecule has 4 heterocycles. The molecule has 0 fully saturated rings. The highest BCUT2D eigenvalue weighted by atomic mass is 35.5. The number of fused-ring (bicyclic) bond motifs is 2. The summed E-state index contributed by atoms with van der Waals surface area (Å²) in [6.07, 6.45) is 3.29. The molecule has 0 aliphatic heterocycles. The lowest BCUT2D eigenvalue weighted by Gasteiger charge is -2.15. The molecule has 55 heavy (non-hydrogen) atoms. The number of nitrogen functional groups attached to an aromatic ring is 1. The SMILES string of the molecule is CP(=O)(Oc1ccccc1)Oc1ccccc1.Nc1cc(-c2cccc(Cl)c2)nc2ncccc12.O=C(O)c1cc(-c2cccc(Cl)c2)nc2ncccc12. The number of aromatic carboxylic acids is 1. The van der Waals surface area contributed by atoms with Crippen molar-refractivity contribution in [2.45, 2.75) is 0 Å². The maximum atomic E-state index is 12.1. The first-order valence-electron chi connectivity index (χ1n) is 16.6. The van der Waals surface area contributed by atoms with Gasteiger partial charge in [-0.05, 0) is 84.9 Å². The Balaban J connectivity index is 0.000000141. The summed E-state index contributed by atoms with van der Waals surface area (Å²) in [4.78, 5) is 28.6. The second-order valence-electron chi connectivity index (χ2n) is 11.8. The van der Waals surface area contributed by atoms with Gasteiger partial charge in [0.15, 0.2) is 11.3 Å². The van der Waals surface area contributed by atoms with Crippen molar-refractivity contribution in [1.82, 2.24) is 19.9 Å². The summed E-state index contributed by atoms with van der Waals surface area (Å²) >= 11 is 11.9. The van der Waals surface area contributed by atoms with Gasteiger partial charge in [-0.15, -0.1) is 0 Å². The molecule has 0 bridgehead atoms. The van der Waals surface area contributed by atoms with Crippen molar-refractivity contribution in [2.24, 2.45) is 0 Å². The molecule has 0 saturated carbocycles. The van der Waals surface area contributed by atoms with Crippen LogP contribution in [0.4, 0.5) is 5.69 Å². The number of carboxylic acids is 1. The Bertz CT molecular complexity index is 2590. The number of benzene rings is 4. The Morgan fingerprint density at radius 3 is 1.58 bits per heavy atom. The van der Waals surface area contributed by atoms with Gasteiger partial charge in [0.2, 0.25) is 0 Å². The molecule has 3 N–H and O–H groups in total. The number of aromatic nitrogens is 4. The molecule has 0 amide bonds. The number of rotatable bonds is 7. The zero-order valence-corrected chi connectivity index (χ0v) is 31.6. The molecule has 0 saturated heterocycles. The highest BCUT2D eigenvalue weighted by Crippen LogP contribution is 2.44. The Kier molecular flexibility index (Phi) is 12.3. The number of carboxylic acid groups (broad SMARTS) is 1. The van der Waals surface area contributed by atoms with E-state index < -0.39 is 13.6 Å². The number of nitrogens with two attached hydrogens (primary N) is 1. The molecule has 10 nitrogen and oxygen atoms in total. The summed E-state index contributed by atoms with van der Waals surface area (Å²) in [7, 11) is -3.14. The van der Waals surface area contributed by atoms with Crippen LogP contribution in [0.2, 0.25) is 10.0 Å². The number of hydrogen-bond acceptors (Lipinski definition) is 9. The van der Waals surface area contributed by atoms with Gasteiger partial charge in [0.1, 0.15) is 11.5 Å². The second-order valence-corrected chi connectivity index (χ2v) is 14.6. The maximum Gasteiger partial charge on any atom is 0.427 e. The first-order chi connectivity index (χ1) is 26.5. The lowest BCUT2D eigenvalue weighted by Crippen LogP contribution is -2.01. The van der Waals surface area contributed by atoms with Crippen molar-refractivity contribution in [3.8, 4) is 34.0 Å². The second kappa shape index (κ2) is 17.7. The largest absolute Gasteiger partial charge is 0.478 e.